The first-order valence-corrected chi connectivity index (χ1v) is 7.65. The van der Waals surface area contributed by atoms with Crippen LogP contribution in [-0.4, -0.2) is 0 Å². The molecule has 0 saturated carbocycles. The molecule has 1 rings (SSSR count). The zero-order valence-electron chi connectivity index (χ0n) is 12.3. The average molecular weight is 264 g/mol. The van der Waals surface area contributed by atoms with Gasteiger partial charge in [0, 0.05) is 0 Å². The molecule has 1 aliphatic rings. The molecule has 18 heavy (non-hydrogen) atoms. The molecule has 0 aromatic heterocycles. The van der Waals surface area contributed by atoms with Gasteiger partial charge in [0.1, 0.15) is 0 Å². The summed E-state index contributed by atoms with van der Waals surface area (Å²) in [5.41, 5.74) is 1.55. The monoisotopic (exact) mass is 264 g/mol. The van der Waals surface area contributed by atoms with Crippen LogP contribution in [0.25, 0.3) is 0 Å². The van der Waals surface area contributed by atoms with Crippen molar-refractivity contribution in [2.24, 2.45) is 23.7 Å². The van der Waals surface area contributed by atoms with Crippen LogP contribution in [0.5, 0.6) is 0 Å². The summed E-state index contributed by atoms with van der Waals surface area (Å²) < 4.78 is 0. The zero-order chi connectivity index (χ0) is 13.7. The Morgan fingerprint density at radius 2 is 2.17 bits per heavy atom. The van der Waals surface area contributed by atoms with Crippen molar-refractivity contribution >= 4 is 12.6 Å². The topological polar surface area (TPSA) is 0 Å². The minimum absolute atomic E-state index is 0.636. The first-order chi connectivity index (χ1) is 8.45. The molecule has 0 spiro atoms. The highest BCUT2D eigenvalue weighted by Crippen LogP contribution is 2.38. The van der Waals surface area contributed by atoms with Crippen LogP contribution >= 0.6 is 12.6 Å². The molecule has 0 heterocycles. The van der Waals surface area contributed by atoms with Crippen molar-refractivity contribution in [3.8, 4) is 0 Å². The Kier molecular flexibility index (Phi) is 6.28. The highest BCUT2D eigenvalue weighted by atomic mass is 32.1. The molecule has 0 N–H and O–H groups in total. The summed E-state index contributed by atoms with van der Waals surface area (Å²) >= 11 is 4.38. The van der Waals surface area contributed by atoms with Crippen LogP contribution in [0.1, 0.15) is 47.0 Å². The van der Waals surface area contributed by atoms with E-state index in [1.165, 1.54) is 19.3 Å². The Balaban J connectivity index is 2.95. The van der Waals surface area contributed by atoms with E-state index in [1.807, 2.05) is 0 Å². The third-order valence-corrected chi connectivity index (χ3v) is 4.32. The average Bonchev–Trinajstić information content (AvgIpc) is 2.27. The molecule has 1 heteroatoms. The van der Waals surface area contributed by atoms with Crippen molar-refractivity contribution in [2.45, 2.75) is 47.0 Å². The van der Waals surface area contributed by atoms with Crippen LogP contribution in [-0.2, 0) is 0 Å². The Morgan fingerprint density at radius 1 is 1.50 bits per heavy atom. The van der Waals surface area contributed by atoms with E-state index in [4.69, 9.17) is 0 Å². The van der Waals surface area contributed by atoms with E-state index in [0.29, 0.717) is 11.8 Å². The highest BCUT2D eigenvalue weighted by Gasteiger charge is 2.28. The lowest BCUT2D eigenvalue weighted by molar-refractivity contribution is 0.309. The fourth-order valence-corrected chi connectivity index (χ4v) is 3.21. The minimum atomic E-state index is 0.636. The predicted octanol–water partition coefficient (Wildman–Crippen LogP) is 5.64. The number of allylic oxidation sites excluding steroid dienone is 4. The van der Waals surface area contributed by atoms with E-state index >= 15 is 0 Å². The molecular formula is C17H28S. The first kappa shape index (κ1) is 15.6. The van der Waals surface area contributed by atoms with E-state index in [1.54, 1.807) is 5.57 Å². The van der Waals surface area contributed by atoms with E-state index < -0.39 is 0 Å². The second-order valence-corrected chi connectivity index (χ2v) is 6.53. The van der Waals surface area contributed by atoms with Gasteiger partial charge in [0.15, 0.2) is 0 Å². The fourth-order valence-electron chi connectivity index (χ4n) is 3.05. The Labute approximate surface area is 119 Å². The third-order valence-electron chi connectivity index (χ3n) is 4.19. The minimum Gasteiger partial charge on any atom is -0.144 e. The van der Waals surface area contributed by atoms with Crippen molar-refractivity contribution in [1.82, 2.24) is 0 Å². The highest BCUT2D eigenvalue weighted by molar-refractivity contribution is 7.84. The molecule has 0 radical (unpaired) electrons. The lowest BCUT2D eigenvalue weighted by Gasteiger charge is -2.34. The standard InChI is InChI=1S/C17H28S/c1-6-12(2)10-16(11-15(5)18)17-13(3)8-7-9-14(17)4/h7-8,11-14,17-18H,5-6,9-10H2,1-4H3/b16-11+. The zero-order valence-corrected chi connectivity index (χ0v) is 13.2. The van der Waals surface area contributed by atoms with Crippen LogP contribution in [0.2, 0.25) is 0 Å². The first-order valence-electron chi connectivity index (χ1n) is 7.20. The number of hydrogen-bond donors (Lipinski definition) is 1. The van der Waals surface area contributed by atoms with Gasteiger partial charge in [0.05, 0.1) is 0 Å². The Bertz CT molecular complexity index is 338. The van der Waals surface area contributed by atoms with Crippen molar-refractivity contribution < 1.29 is 0 Å². The van der Waals surface area contributed by atoms with Gasteiger partial charge in [-0.1, -0.05) is 58.4 Å². The third kappa shape index (κ3) is 4.35. The second kappa shape index (κ2) is 7.23. The maximum Gasteiger partial charge on any atom is -0.00323 e. The number of rotatable bonds is 5. The molecule has 0 aliphatic heterocycles. The molecule has 0 aromatic rings. The molecule has 0 bridgehead atoms. The summed E-state index contributed by atoms with van der Waals surface area (Å²) in [5, 5.41) is 0. The van der Waals surface area contributed by atoms with Gasteiger partial charge in [-0.25, -0.2) is 0 Å². The maximum atomic E-state index is 4.38. The van der Waals surface area contributed by atoms with Crippen LogP contribution in [0.4, 0.5) is 0 Å². The van der Waals surface area contributed by atoms with Gasteiger partial charge in [-0.2, -0.15) is 0 Å². The summed E-state index contributed by atoms with van der Waals surface area (Å²) in [4.78, 5) is 0.891. The molecule has 0 nitrogen and oxygen atoms in total. The van der Waals surface area contributed by atoms with Crippen LogP contribution in [0.3, 0.4) is 0 Å². The van der Waals surface area contributed by atoms with Crippen LogP contribution in [0.15, 0.2) is 35.3 Å². The van der Waals surface area contributed by atoms with Gasteiger partial charge in [-0.05, 0) is 47.5 Å². The molecule has 1 aliphatic carbocycles. The van der Waals surface area contributed by atoms with E-state index in [0.717, 1.165) is 16.7 Å². The van der Waals surface area contributed by atoms with Crippen LogP contribution in [0, 0.1) is 23.7 Å². The van der Waals surface area contributed by atoms with Gasteiger partial charge >= 0.3 is 0 Å². The molecule has 4 atom stereocenters. The van der Waals surface area contributed by atoms with Crippen molar-refractivity contribution in [2.75, 3.05) is 0 Å². The van der Waals surface area contributed by atoms with E-state index in [9.17, 15) is 0 Å². The molecule has 0 aromatic carbocycles. The Hall–Kier alpha value is -0.430. The maximum absolute atomic E-state index is 4.38. The summed E-state index contributed by atoms with van der Waals surface area (Å²) in [7, 11) is 0. The largest absolute Gasteiger partial charge is 0.144 e. The predicted molar refractivity (Wildman–Crippen MR) is 85.9 cm³/mol. The Morgan fingerprint density at radius 3 is 2.67 bits per heavy atom. The van der Waals surface area contributed by atoms with Gasteiger partial charge in [0.2, 0.25) is 0 Å². The smallest absolute Gasteiger partial charge is 0.00323 e. The molecule has 4 unspecified atom stereocenters. The SMILES string of the molecule is C=C(S)/C=C(\CC(C)CC)C1C(C)C=CCC1C. The van der Waals surface area contributed by atoms with Crippen molar-refractivity contribution in [1.29, 1.82) is 0 Å². The molecule has 102 valence electrons. The molecular weight excluding hydrogens is 236 g/mol. The summed E-state index contributed by atoms with van der Waals surface area (Å²) in [6.07, 6.45) is 10.5. The van der Waals surface area contributed by atoms with Crippen molar-refractivity contribution in [3.05, 3.63) is 35.3 Å². The van der Waals surface area contributed by atoms with Gasteiger partial charge in [-0.15, -0.1) is 12.6 Å². The fraction of sp³-hybridized carbons (Fsp3) is 0.647. The quantitative estimate of drug-likeness (QED) is 0.371. The number of hydrogen-bond acceptors (Lipinski definition) is 1. The van der Waals surface area contributed by atoms with Crippen LogP contribution < -0.4 is 0 Å². The lowest BCUT2D eigenvalue weighted by atomic mass is 9.71. The van der Waals surface area contributed by atoms with Gasteiger partial charge in [-0.3, -0.25) is 0 Å². The van der Waals surface area contributed by atoms with E-state index in [-0.39, 0.29) is 0 Å². The van der Waals surface area contributed by atoms with Gasteiger partial charge in [0.25, 0.3) is 0 Å². The summed E-state index contributed by atoms with van der Waals surface area (Å²) in [6, 6.07) is 0. The molecule has 0 amide bonds. The summed E-state index contributed by atoms with van der Waals surface area (Å²) in [6.45, 7) is 13.3. The van der Waals surface area contributed by atoms with Gasteiger partial charge < -0.3 is 0 Å². The van der Waals surface area contributed by atoms with Crippen molar-refractivity contribution in [3.63, 3.8) is 0 Å². The van der Waals surface area contributed by atoms with E-state index in [2.05, 4.69) is 65.1 Å². The number of thiol groups is 1. The second-order valence-electron chi connectivity index (χ2n) is 5.95. The lowest BCUT2D eigenvalue weighted by Crippen LogP contribution is -2.24. The normalized spacial score (nSPS) is 30.3. The summed E-state index contributed by atoms with van der Waals surface area (Å²) in [5.74, 6) is 2.77. The molecule has 0 fully saturated rings. The molecule has 0 saturated heterocycles.